The van der Waals surface area contributed by atoms with Crippen LogP contribution in [0.4, 0.5) is 0 Å². The molecule has 2 heteroatoms. The first-order chi connectivity index (χ1) is 7.84. The highest BCUT2D eigenvalue weighted by Crippen LogP contribution is 2.24. The van der Waals surface area contributed by atoms with Crippen molar-refractivity contribution < 1.29 is 0 Å². The standard InChI is InChI=1S/C12H10N2.C2H6/c1-8-6-12-10(7-13-8)9-4-2-3-5-11(9)14-12;1-2/h2-7,14H,1H3;1-2H3. The molecule has 0 bridgehead atoms. The monoisotopic (exact) mass is 212 g/mol. The van der Waals surface area contributed by atoms with Crippen molar-refractivity contribution in [1.29, 1.82) is 0 Å². The summed E-state index contributed by atoms with van der Waals surface area (Å²) in [5.41, 5.74) is 3.39. The zero-order valence-electron chi connectivity index (χ0n) is 9.91. The van der Waals surface area contributed by atoms with E-state index in [2.05, 4.69) is 34.2 Å². The van der Waals surface area contributed by atoms with Gasteiger partial charge in [0.1, 0.15) is 0 Å². The van der Waals surface area contributed by atoms with Crippen LogP contribution in [-0.4, -0.2) is 9.97 Å². The number of hydrogen-bond donors (Lipinski definition) is 1. The molecule has 0 fully saturated rings. The third kappa shape index (κ3) is 1.67. The van der Waals surface area contributed by atoms with Crippen molar-refractivity contribution in [2.24, 2.45) is 0 Å². The number of nitrogens with zero attached hydrogens (tertiary/aromatic N) is 1. The van der Waals surface area contributed by atoms with Crippen LogP contribution in [0.2, 0.25) is 0 Å². The molecule has 1 N–H and O–H groups in total. The maximum absolute atomic E-state index is 4.31. The molecule has 16 heavy (non-hydrogen) atoms. The zero-order chi connectivity index (χ0) is 11.5. The molecular weight excluding hydrogens is 196 g/mol. The van der Waals surface area contributed by atoms with Crippen LogP contribution in [0, 0.1) is 6.92 Å². The molecule has 2 heterocycles. The highest BCUT2D eigenvalue weighted by atomic mass is 14.7. The number of aryl methyl sites for hydroxylation is 1. The van der Waals surface area contributed by atoms with Crippen LogP contribution in [0.1, 0.15) is 19.5 Å². The van der Waals surface area contributed by atoms with E-state index in [1.165, 1.54) is 21.8 Å². The molecular formula is C14H16N2. The second kappa shape index (κ2) is 4.35. The van der Waals surface area contributed by atoms with E-state index >= 15 is 0 Å². The van der Waals surface area contributed by atoms with Crippen molar-refractivity contribution in [3.05, 3.63) is 42.2 Å². The molecule has 1 aromatic carbocycles. The summed E-state index contributed by atoms with van der Waals surface area (Å²) < 4.78 is 0. The summed E-state index contributed by atoms with van der Waals surface area (Å²) >= 11 is 0. The molecule has 0 unspecified atom stereocenters. The summed E-state index contributed by atoms with van der Waals surface area (Å²) in [6.45, 7) is 6.00. The predicted molar refractivity (Wildman–Crippen MR) is 69.7 cm³/mol. The van der Waals surface area contributed by atoms with Gasteiger partial charge in [0.05, 0.1) is 0 Å². The van der Waals surface area contributed by atoms with Crippen LogP contribution in [0.3, 0.4) is 0 Å². The fourth-order valence-corrected chi connectivity index (χ4v) is 1.85. The second-order valence-electron chi connectivity index (χ2n) is 3.54. The summed E-state index contributed by atoms with van der Waals surface area (Å²) in [4.78, 5) is 7.69. The van der Waals surface area contributed by atoms with Gasteiger partial charge in [-0.15, -0.1) is 0 Å². The Kier molecular flexibility index (Phi) is 2.91. The van der Waals surface area contributed by atoms with Crippen molar-refractivity contribution >= 4 is 21.8 Å². The van der Waals surface area contributed by atoms with Crippen LogP contribution in [0.5, 0.6) is 0 Å². The molecule has 0 saturated heterocycles. The van der Waals surface area contributed by atoms with Gasteiger partial charge in [-0.3, -0.25) is 4.98 Å². The number of rotatable bonds is 0. The average Bonchev–Trinajstić information content (AvgIpc) is 2.68. The van der Waals surface area contributed by atoms with E-state index in [1.54, 1.807) is 0 Å². The maximum Gasteiger partial charge on any atom is 0.0498 e. The quantitative estimate of drug-likeness (QED) is 0.598. The first-order valence-electron chi connectivity index (χ1n) is 5.68. The second-order valence-corrected chi connectivity index (χ2v) is 3.54. The van der Waals surface area contributed by atoms with Gasteiger partial charge >= 0.3 is 0 Å². The van der Waals surface area contributed by atoms with Gasteiger partial charge in [0, 0.05) is 33.7 Å². The lowest BCUT2D eigenvalue weighted by atomic mass is 10.2. The summed E-state index contributed by atoms with van der Waals surface area (Å²) in [7, 11) is 0. The number of fused-ring (bicyclic) bond motifs is 3. The molecule has 82 valence electrons. The van der Waals surface area contributed by atoms with E-state index in [0.717, 1.165) is 5.69 Å². The number of nitrogens with one attached hydrogen (secondary N) is 1. The number of aromatic nitrogens is 2. The average molecular weight is 212 g/mol. The number of benzene rings is 1. The lowest BCUT2D eigenvalue weighted by molar-refractivity contribution is 1.22. The summed E-state index contributed by atoms with van der Waals surface area (Å²) in [6.07, 6.45) is 1.93. The van der Waals surface area contributed by atoms with Gasteiger partial charge in [-0.2, -0.15) is 0 Å². The molecule has 0 aliphatic heterocycles. The molecule has 0 saturated carbocycles. The fraction of sp³-hybridized carbons (Fsp3) is 0.214. The number of aromatic amines is 1. The number of H-pyrrole nitrogens is 1. The predicted octanol–water partition coefficient (Wildman–Crippen LogP) is 4.05. The van der Waals surface area contributed by atoms with Crippen LogP contribution in [0.15, 0.2) is 36.5 Å². The third-order valence-electron chi connectivity index (χ3n) is 2.53. The Morgan fingerprint density at radius 3 is 2.56 bits per heavy atom. The van der Waals surface area contributed by atoms with Crippen molar-refractivity contribution in [3.8, 4) is 0 Å². The van der Waals surface area contributed by atoms with E-state index in [4.69, 9.17) is 0 Å². The molecule has 3 aromatic rings. The minimum absolute atomic E-state index is 1.05. The Morgan fingerprint density at radius 1 is 1.00 bits per heavy atom. The molecule has 0 radical (unpaired) electrons. The Hall–Kier alpha value is -1.83. The molecule has 0 amide bonds. The lowest BCUT2D eigenvalue weighted by Gasteiger charge is -1.91. The van der Waals surface area contributed by atoms with E-state index in [1.807, 2.05) is 33.0 Å². The molecule has 0 aliphatic rings. The molecule has 0 aliphatic carbocycles. The molecule has 0 spiro atoms. The first kappa shape index (κ1) is 10.7. The molecule has 2 nitrogen and oxygen atoms in total. The third-order valence-corrected chi connectivity index (χ3v) is 2.53. The van der Waals surface area contributed by atoms with Gasteiger partial charge in [-0.1, -0.05) is 32.0 Å². The summed E-state index contributed by atoms with van der Waals surface area (Å²) in [5, 5.41) is 2.45. The summed E-state index contributed by atoms with van der Waals surface area (Å²) in [6, 6.07) is 10.4. The van der Waals surface area contributed by atoms with E-state index in [9.17, 15) is 0 Å². The molecule has 2 aromatic heterocycles. The van der Waals surface area contributed by atoms with Crippen molar-refractivity contribution in [2.45, 2.75) is 20.8 Å². The topological polar surface area (TPSA) is 28.7 Å². The van der Waals surface area contributed by atoms with Gasteiger partial charge < -0.3 is 4.98 Å². The Morgan fingerprint density at radius 2 is 1.75 bits per heavy atom. The van der Waals surface area contributed by atoms with Crippen molar-refractivity contribution in [1.82, 2.24) is 9.97 Å². The van der Waals surface area contributed by atoms with E-state index in [-0.39, 0.29) is 0 Å². The molecule has 3 rings (SSSR count). The highest BCUT2D eigenvalue weighted by Gasteiger charge is 2.02. The van der Waals surface area contributed by atoms with Gasteiger partial charge in [-0.25, -0.2) is 0 Å². The van der Waals surface area contributed by atoms with Crippen LogP contribution < -0.4 is 0 Å². The van der Waals surface area contributed by atoms with Crippen molar-refractivity contribution in [2.75, 3.05) is 0 Å². The van der Waals surface area contributed by atoms with E-state index in [0.29, 0.717) is 0 Å². The fourth-order valence-electron chi connectivity index (χ4n) is 1.85. The Balaban J connectivity index is 0.000000457. The molecule has 0 atom stereocenters. The zero-order valence-corrected chi connectivity index (χ0v) is 9.91. The lowest BCUT2D eigenvalue weighted by Crippen LogP contribution is -1.77. The minimum Gasteiger partial charge on any atom is -0.354 e. The van der Waals surface area contributed by atoms with Crippen LogP contribution in [0.25, 0.3) is 21.8 Å². The normalized spacial score (nSPS) is 10.2. The first-order valence-corrected chi connectivity index (χ1v) is 5.68. The SMILES string of the molecule is CC.Cc1cc2[nH]c3ccccc3c2cn1. The van der Waals surface area contributed by atoms with E-state index < -0.39 is 0 Å². The van der Waals surface area contributed by atoms with Crippen molar-refractivity contribution in [3.63, 3.8) is 0 Å². The largest absolute Gasteiger partial charge is 0.354 e. The number of hydrogen-bond acceptors (Lipinski definition) is 1. The van der Waals surface area contributed by atoms with Gasteiger partial charge in [0.15, 0.2) is 0 Å². The van der Waals surface area contributed by atoms with Gasteiger partial charge in [-0.05, 0) is 19.1 Å². The van der Waals surface area contributed by atoms with Gasteiger partial charge in [0.2, 0.25) is 0 Å². The smallest absolute Gasteiger partial charge is 0.0498 e. The Labute approximate surface area is 95.3 Å². The number of pyridine rings is 1. The summed E-state index contributed by atoms with van der Waals surface area (Å²) in [5.74, 6) is 0. The number of para-hydroxylation sites is 1. The van der Waals surface area contributed by atoms with Gasteiger partial charge in [0.25, 0.3) is 0 Å². The Bertz CT molecular complexity index is 608. The highest BCUT2D eigenvalue weighted by molar-refractivity contribution is 6.06. The minimum atomic E-state index is 1.05. The maximum atomic E-state index is 4.31. The van der Waals surface area contributed by atoms with Crippen LogP contribution >= 0.6 is 0 Å². The van der Waals surface area contributed by atoms with Crippen LogP contribution in [-0.2, 0) is 0 Å².